The first-order chi connectivity index (χ1) is 14.1. The molecule has 0 aliphatic heterocycles. The lowest BCUT2D eigenvalue weighted by Crippen LogP contribution is -2.27. The predicted molar refractivity (Wildman–Crippen MR) is 116 cm³/mol. The van der Waals surface area contributed by atoms with Crippen LogP contribution in [0.25, 0.3) is 0 Å². The minimum atomic E-state index is -3.78. The minimum absolute atomic E-state index is 0.115. The van der Waals surface area contributed by atoms with Crippen molar-refractivity contribution in [2.24, 2.45) is 5.10 Å². The lowest BCUT2D eigenvalue weighted by atomic mass is 10.2. The molecule has 0 fully saturated rings. The number of sulfonamides is 1. The van der Waals surface area contributed by atoms with Crippen LogP contribution >= 0.6 is 0 Å². The summed E-state index contributed by atoms with van der Waals surface area (Å²) in [4.78, 5) is 15.6. The van der Waals surface area contributed by atoms with Gasteiger partial charge in [-0.15, -0.1) is 0 Å². The van der Waals surface area contributed by atoms with E-state index in [0.29, 0.717) is 29.2 Å². The second-order valence-electron chi connectivity index (χ2n) is 6.84. The van der Waals surface area contributed by atoms with E-state index in [2.05, 4.69) is 9.93 Å². The van der Waals surface area contributed by atoms with Gasteiger partial charge in [0.05, 0.1) is 17.7 Å². The molecule has 0 saturated carbocycles. The highest BCUT2D eigenvalue weighted by atomic mass is 32.2. The molecule has 30 heavy (non-hydrogen) atoms. The molecule has 0 atom stereocenters. The second-order valence-corrected chi connectivity index (χ2v) is 8.47. The third kappa shape index (κ3) is 6.21. The Balaban J connectivity index is 2.15. The van der Waals surface area contributed by atoms with Crippen molar-refractivity contribution in [1.29, 1.82) is 0 Å². The molecule has 8 nitrogen and oxygen atoms in total. The van der Waals surface area contributed by atoms with Crippen molar-refractivity contribution in [3.05, 3.63) is 53.1 Å². The van der Waals surface area contributed by atoms with Crippen molar-refractivity contribution in [2.45, 2.75) is 25.7 Å². The number of carbonyl (C=O) groups excluding carboxylic acids is 1. The van der Waals surface area contributed by atoms with Crippen molar-refractivity contribution in [3.8, 4) is 11.5 Å². The Morgan fingerprint density at radius 2 is 1.83 bits per heavy atom. The molecular weight excluding hydrogens is 406 g/mol. The van der Waals surface area contributed by atoms with E-state index < -0.39 is 10.0 Å². The number of nitrogens with zero attached hydrogens (tertiary/aromatic N) is 2. The number of hydrogen-bond acceptors (Lipinski definition) is 6. The van der Waals surface area contributed by atoms with Gasteiger partial charge in [-0.25, -0.2) is 4.83 Å². The fourth-order valence-electron chi connectivity index (χ4n) is 2.48. The van der Waals surface area contributed by atoms with E-state index in [1.807, 2.05) is 19.9 Å². The molecule has 2 aromatic carbocycles. The molecule has 0 bridgehead atoms. The van der Waals surface area contributed by atoms with Gasteiger partial charge in [0.2, 0.25) is 0 Å². The maximum atomic E-state index is 12.5. The molecule has 0 aromatic heterocycles. The first-order valence-electron chi connectivity index (χ1n) is 9.36. The van der Waals surface area contributed by atoms with Gasteiger partial charge in [-0.2, -0.15) is 13.5 Å². The maximum absolute atomic E-state index is 12.5. The van der Waals surface area contributed by atoms with E-state index in [0.717, 1.165) is 5.56 Å². The lowest BCUT2D eigenvalue weighted by Gasteiger charge is -2.14. The SMILES string of the molecule is CCOc1cc(C=NNS(=O)(=O)c2cc(C)ccc2C)ccc1OCC(=O)N(C)C. The van der Waals surface area contributed by atoms with E-state index >= 15 is 0 Å². The highest BCUT2D eigenvalue weighted by molar-refractivity contribution is 7.89. The third-order valence-electron chi connectivity index (χ3n) is 4.14. The van der Waals surface area contributed by atoms with Crippen LogP contribution in [0.5, 0.6) is 11.5 Å². The molecule has 2 aromatic rings. The summed E-state index contributed by atoms with van der Waals surface area (Å²) >= 11 is 0. The van der Waals surface area contributed by atoms with Gasteiger partial charge in [-0.05, 0) is 61.7 Å². The Morgan fingerprint density at radius 1 is 1.10 bits per heavy atom. The molecule has 1 N–H and O–H groups in total. The van der Waals surface area contributed by atoms with Gasteiger partial charge in [0.1, 0.15) is 0 Å². The Labute approximate surface area is 177 Å². The van der Waals surface area contributed by atoms with Crippen LogP contribution < -0.4 is 14.3 Å². The highest BCUT2D eigenvalue weighted by Crippen LogP contribution is 2.28. The van der Waals surface area contributed by atoms with Crippen molar-refractivity contribution in [3.63, 3.8) is 0 Å². The molecule has 0 aliphatic rings. The second kappa shape index (κ2) is 10.1. The average molecular weight is 434 g/mol. The standard InChI is InChI=1S/C21H27N3O5S/c1-6-28-19-12-17(9-10-18(19)29-14-21(25)24(4)5)13-22-23-30(26,27)20-11-15(2)7-8-16(20)3/h7-13,23H,6,14H2,1-5H3. The number of rotatable bonds is 9. The molecule has 162 valence electrons. The lowest BCUT2D eigenvalue weighted by molar-refractivity contribution is -0.130. The Bertz CT molecular complexity index is 1030. The van der Waals surface area contributed by atoms with E-state index in [1.165, 1.54) is 11.1 Å². The number of carbonyl (C=O) groups is 1. The van der Waals surface area contributed by atoms with Crippen LogP contribution in [0.3, 0.4) is 0 Å². The fourth-order valence-corrected chi connectivity index (χ4v) is 3.60. The van der Waals surface area contributed by atoms with Gasteiger partial charge in [0.25, 0.3) is 15.9 Å². The topological polar surface area (TPSA) is 97.3 Å². The minimum Gasteiger partial charge on any atom is -0.490 e. The van der Waals surface area contributed by atoms with Crippen molar-refractivity contribution >= 4 is 22.1 Å². The summed E-state index contributed by atoms with van der Waals surface area (Å²) in [6.45, 7) is 5.67. The molecule has 0 radical (unpaired) electrons. The number of ether oxygens (including phenoxy) is 2. The van der Waals surface area contributed by atoms with Crippen LogP contribution in [0.15, 0.2) is 46.4 Å². The molecule has 0 spiro atoms. The van der Waals surface area contributed by atoms with Gasteiger partial charge in [-0.3, -0.25) is 4.79 Å². The molecule has 2 rings (SSSR count). The normalized spacial score (nSPS) is 11.4. The molecule has 0 heterocycles. The van der Waals surface area contributed by atoms with Crippen molar-refractivity contribution in [2.75, 3.05) is 27.3 Å². The summed E-state index contributed by atoms with van der Waals surface area (Å²) in [5, 5.41) is 3.87. The molecule has 1 amide bonds. The fraction of sp³-hybridized carbons (Fsp3) is 0.333. The number of hydrazone groups is 1. The smallest absolute Gasteiger partial charge is 0.276 e. The highest BCUT2D eigenvalue weighted by Gasteiger charge is 2.16. The summed E-state index contributed by atoms with van der Waals surface area (Å²) < 4.78 is 36.1. The quantitative estimate of drug-likeness (QED) is 0.484. The zero-order valence-electron chi connectivity index (χ0n) is 17.8. The van der Waals surface area contributed by atoms with Crippen LogP contribution in [0.1, 0.15) is 23.6 Å². The van der Waals surface area contributed by atoms with Crippen LogP contribution in [0.4, 0.5) is 0 Å². The molecular formula is C21H27N3O5S. The molecule has 9 heteroatoms. The predicted octanol–water partition coefficient (Wildman–Crippen LogP) is 2.48. The third-order valence-corrected chi connectivity index (χ3v) is 5.50. The van der Waals surface area contributed by atoms with E-state index in [4.69, 9.17) is 9.47 Å². The number of aryl methyl sites for hydroxylation is 2. The zero-order chi connectivity index (χ0) is 22.3. The monoisotopic (exact) mass is 433 g/mol. The maximum Gasteiger partial charge on any atom is 0.276 e. The number of nitrogens with one attached hydrogen (secondary N) is 1. The first kappa shape index (κ1) is 23.2. The van der Waals surface area contributed by atoms with Gasteiger partial charge < -0.3 is 14.4 Å². The summed E-state index contributed by atoms with van der Waals surface area (Å²) in [7, 11) is -0.491. The number of hydrogen-bond donors (Lipinski definition) is 1. The zero-order valence-corrected chi connectivity index (χ0v) is 18.6. The summed E-state index contributed by atoms with van der Waals surface area (Å²) in [6.07, 6.45) is 1.37. The summed E-state index contributed by atoms with van der Waals surface area (Å²) in [6, 6.07) is 10.2. The number of likely N-dealkylation sites (N-methyl/N-ethyl adjacent to an activating group) is 1. The van der Waals surface area contributed by atoms with Gasteiger partial charge in [0.15, 0.2) is 18.1 Å². The van der Waals surface area contributed by atoms with Gasteiger partial charge in [0, 0.05) is 14.1 Å². The molecule has 0 unspecified atom stereocenters. The Kier molecular flexibility index (Phi) is 7.82. The van der Waals surface area contributed by atoms with Crippen molar-refractivity contribution in [1.82, 2.24) is 9.73 Å². The van der Waals surface area contributed by atoms with Crippen LogP contribution in [-0.2, 0) is 14.8 Å². The average Bonchev–Trinajstić information content (AvgIpc) is 2.69. The Hall–Kier alpha value is -3.07. The molecule has 0 saturated heterocycles. The van der Waals surface area contributed by atoms with Gasteiger partial charge in [-0.1, -0.05) is 12.1 Å². The molecule has 0 aliphatic carbocycles. The van der Waals surface area contributed by atoms with E-state index in [9.17, 15) is 13.2 Å². The van der Waals surface area contributed by atoms with Gasteiger partial charge >= 0.3 is 0 Å². The van der Waals surface area contributed by atoms with Crippen LogP contribution in [0.2, 0.25) is 0 Å². The van der Waals surface area contributed by atoms with E-state index in [-0.39, 0.29) is 17.4 Å². The van der Waals surface area contributed by atoms with E-state index in [1.54, 1.807) is 51.4 Å². The Morgan fingerprint density at radius 3 is 2.50 bits per heavy atom. The summed E-state index contributed by atoms with van der Waals surface area (Å²) in [5.41, 5.74) is 2.08. The van der Waals surface area contributed by atoms with Crippen molar-refractivity contribution < 1.29 is 22.7 Å². The summed E-state index contributed by atoms with van der Waals surface area (Å²) in [5.74, 6) is 0.675. The van der Waals surface area contributed by atoms with Crippen LogP contribution in [0, 0.1) is 13.8 Å². The first-order valence-corrected chi connectivity index (χ1v) is 10.8. The number of benzene rings is 2. The van der Waals surface area contributed by atoms with Crippen LogP contribution in [-0.4, -0.2) is 52.7 Å². The number of amides is 1. The largest absolute Gasteiger partial charge is 0.490 e.